The van der Waals surface area contributed by atoms with Gasteiger partial charge in [0.05, 0.1) is 30.4 Å². The molecule has 0 saturated carbocycles. The molecule has 7 N–H and O–H groups in total. The lowest BCUT2D eigenvalue weighted by Gasteiger charge is -2.29. The molecule has 0 spiro atoms. The monoisotopic (exact) mass is 725 g/mol. The number of rotatable bonds is 17. The van der Waals surface area contributed by atoms with E-state index >= 15 is 0 Å². The van der Waals surface area contributed by atoms with Crippen LogP contribution >= 0.6 is 11.8 Å². The molecule has 1 saturated heterocycles. The lowest BCUT2D eigenvalue weighted by Crippen LogP contribution is -2.59. The van der Waals surface area contributed by atoms with Crippen LogP contribution in [0.1, 0.15) is 42.8 Å². The molecule has 52 heavy (non-hydrogen) atoms. The van der Waals surface area contributed by atoms with E-state index in [1.165, 1.54) is 11.8 Å². The molecule has 0 bridgehead atoms. The van der Waals surface area contributed by atoms with Gasteiger partial charge in [-0.15, -0.1) is 11.8 Å². The van der Waals surface area contributed by atoms with Gasteiger partial charge in [0.2, 0.25) is 23.6 Å². The van der Waals surface area contributed by atoms with Crippen LogP contribution < -0.4 is 26.6 Å². The summed E-state index contributed by atoms with van der Waals surface area (Å²) in [6.07, 6.45) is 2.84. The molecule has 5 rings (SSSR count). The van der Waals surface area contributed by atoms with Gasteiger partial charge in [-0.1, -0.05) is 91.0 Å². The van der Waals surface area contributed by atoms with Crippen LogP contribution in [0.15, 0.2) is 103 Å². The Morgan fingerprint density at radius 3 is 2.12 bits per heavy atom. The third-order valence-electron chi connectivity index (χ3n) is 8.86. The van der Waals surface area contributed by atoms with Crippen molar-refractivity contribution in [3.8, 4) is 0 Å². The molecule has 1 aromatic heterocycles. The maximum Gasteiger partial charge on any atom is 0.245 e. The van der Waals surface area contributed by atoms with E-state index in [0.717, 1.165) is 22.5 Å². The van der Waals surface area contributed by atoms with Gasteiger partial charge in [0, 0.05) is 36.7 Å². The number of aliphatic hydroxyl groups is 1. The van der Waals surface area contributed by atoms with E-state index in [1.54, 1.807) is 12.4 Å². The number of hydrogen-bond donors (Lipinski definition) is 7. The number of H-pyrrole nitrogens is 1. The average molecular weight is 726 g/mol. The van der Waals surface area contributed by atoms with Gasteiger partial charge < -0.3 is 31.4 Å². The number of benzene rings is 3. The van der Waals surface area contributed by atoms with Gasteiger partial charge in [0.1, 0.15) is 17.9 Å². The van der Waals surface area contributed by atoms with Crippen LogP contribution in [0.4, 0.5) is 0 Å². The Bertz CT molecular complexity index is 1740. The summed E-state index contributed by atoms with van der Waals surface area (Å²) < 4.78 is -0.720. The first-order chi connectivity index (χ1) is 25.1. The summed E-state index contributed by atoms with van der Waals surface area (Å²) in [6, 6.07) is 25.6. The first-order valence-corrected chi connectivity index (χ1v) is 18.3. The summed E-state index contributed by atoms with van der Waals surface area (Å²) >= 11 is 1.39. The first kappa shape index (κ1) is 38.3. The smallest absolute Gasteiger partial charge is 0.245 e. The van der Waals surface area contributed by atoms with Gasteiger partial charge >= 0.3 is 0 Å². The van der Waals surface area contributed by atoms with Crippen LogP contribution in [0.3, 0.4) is 0 Å². The van der Waals surface area contributed by atoms with Crippen molar-refractivity contribution in [1.82, 2.24) is 36.6 Å². The molecule has 3 aromatic carbocycles. The lowest BCUT2D eigenvalue weighted by molar-refractivity contribution is -0.129. The second-order valence-electron chi connectivity index (χ2n) is 13.4. The Hall–Kier alpha value is -4.98. The maximum atomic E-state index is 14.1. The van der Waals surface area contributed by atoms with Crippen molar-refractivity contribution in [1.29, 1.82) is 0 Å². The predicted octanol–water partition coefficient (Wildman–Crippen LogP) is 2.40. The van der Waals surface area contributed by atoms with Crippen LogP contribution in [0, 0.1) is 0 Å². The quantitative estimate of drug-likeness (QED) is 0.0868. The number of nitrogens with zero attached hydrogens (tertiary/aromatic N) is 1. The van der Waals surface area contributed by atoms with Gasteiger partial charge in [0.25, 0.3) is 0 Å². The highest BCUT2D eigenvalue weighted by Crippen LogP contribution is 2.39. The Balaban J connectivity index is 1.27. The van der Waals surface area contributed by atoms with Gasteiger partial charge in [-0.3, -0.25) is 24.5 Å². The molecular weight excluding hydrogens is 679 g/mol. The lowest BCUT2D eigenvalue weighted by atomic mass is 9.96. The van der Waals surface area contributed by atoms with Crippen molar-refractivity contribution in [3.63, 3.8) is 0 Å². The number of aliphatic hydroxyl groups excluding tert-OH is 1. The third kappa shape index (κ3) is 11.3. The predicted molar refractivity (Wildman–Crippen MR) is 201 cm³/mol. The van der Waals surface area contributed by atoms with E-state index in [0.29, 0.717) is 13.0 Å². The summed E-state index contributed by atoms with van der Waals surface area (Å²) in [5, 5.41) is 25.7. The number of nitrogens with one attached hydrogen (secondary N) is 6. The second-order valence-corrected chi connectivity index (χ2v) is 15.2. The number of aromatic amines is 1. The molecule has 2 heterocycles. The van der Waals surface area contributed by atoms with Crippen molar-refractivity contribution >= 4 is 35.4 Å². The van der Waals surface area contributed by atoms with Crippen LogP contribution in [0.25, 0.3) is 0 Å². The fourth-order valence-corrected chi connectivity index (χ4v) is 7.60. The zero-order chi connectivity index (χ0) is 36.9. The van der Waals surface area contributed by atoms with Crippen molar-refractivity contribution < 1.29 is 24.3 Å². The van der Waals surface area contributed by atoms with Gasteiger partial charge in [-0.2, -0.15) is 0 Å². The van der Waals surface area contributed by atoms with Crippen molar-refractivity contribution in [2.45, 2.75) is 80.4 Å². The molecule has 274 valence electrons. The maximum absolute atomic E-state index is 14.1. The summed E-state index contributed by atoms with van der Waals surface area (Å²) in [5.41, 5.74) is 2.60. The number of carbonyl (C=O) groups excluding carboxylic acids is 4. The highest BCUT2D eigenvalue weighted by Gasteiger charge is 2.49. The minimum atomic E-state index is -1.19. The zero-order valence-corrected chi connectivity index (χ0v) is 30.2. The molecule has 0 aliphatic carbocycles. The largest absolute Gasteiger partial charge is 0.390 e. The van der Waals surface area contributed by atoms with Crippen LogP contribution in [0.2, 0.25) is 0 Å². The Kier molecular flexibility index (Phi) is 13.6. The molecule has 1 aliphatic rings. The highest BCUT2D eigenvalue weighted by molar-refractivity contribution is 8.01. The molecule has 0 radical (unpaired) electrons. The van der Waals surface area contributed by atoms with Crippen molar-refractivity contribution in [2.75, 3.05) is 6.54 Å². The summed E-state index contributed by atoms with van der Waals surface area (Å²) in [4.78, 5) is 61.0. The van der Waals surface area contributed by atoms with Gasteiger partial charge in [-0.05, 0) is 37.0 Å². The standard InChI is InChI=1S/C39H47N7O5S/c1-39(2)35(37(51)44-29(22-26-12-6-3-7-13-26)30(47)24-32(48)42-19-18-31-40-20-21-41-31)46-38(52-39)34(36(50)43-25-28-16-10-5-11-17-28)45-33(49)23-27-14-8-4-9-15-27/h3-17,20-21,29-30,34-35,38,46-47H,18-19,22-25H2,1-2H3,(H,40,41)(H,42,48)(H,43,50)(H,44,51)(H,45,49)/t29-,30-,34-,35+,38-/m1/s1. The first-order valence-electron chi connectivity index (χ1n) is 17.4. The second kappa shape index (κ2) is 18.5. The number of amides is 4. The SMILES string of the molecule is CC1(C)S[C@H]([C@H](NC(=O)Cc2ccccc2)C(=O)NCc2ccccc2)N[C@H]1C(=O)N[C@H](Cc1ccccc1)[C@H](O)CC(=O)NCCc1ncc[nH]1. The van der Waals surface area contributed by atoms with Crippen LogP contribution in [-0.4, -0.2) is 79.6 Å². The Labute approximate surface area is 308 Å². The van der Waals surface area contributed by atoms with Crippen molar-refractivity contribution in [2.24, 2.45) is 0 Å². The molecule has 5 atom stereocenters. The molecule has 0 unspecified atom stereocenters. The summed E-state index contributed by atoms with van der Waals surface area (Å²) in [6.45, 7) is 4.41. The number of carbonyl (C=O) groups is 4. The number of hydrogen-bond acceptors (Lipinski definition) is 8. The molecule has 13 heteroatoms. The average Bonchev–Trinajstić information content (AvgIpc) is 3.77. The Morgan fingerprint density at radius 1 is 0.846 bits per heavy atom. The zero-order valence-electron chi connectivity index (χ0n) is 29.4. The molecule has 4 aromatic rings. The van der Waals surface area contributed by atoms with E-state index in [1.807, 2.05) is 105 Å². The minimum Gasteiger partial charge on any atom is -0.390 e. The minimum absolute atomic E-state index is 0.0868. The summed E-state index contributed by atoms with van der Waals surface area (Å²) in [7, 11) is 0. The third-order valence-corrected chi connectivity index (χ3v) is 10.4. The van der Waals surface area contributed by atoms with E-state index in [-0.39, 0.29) is 43.5 Å². The molecule has 4 amide bonds. The van der Waals surface area contributed by atoms with Crippen molar-refractivity contribution in [3.05, 3.63) is 126 Å². The fraction of sp³-hybridized carbons (Fsp3) is 0.359. The fourth-order valence-electron chi connectivity index (χ4n) is 6.11. The number of imidazole rings is 1. The number of thioether (sulfide) groups is 1. The van der Waals surface area contributed by atoms with Gasteiger partial charge in [-0.25, -0.2) is 4.98 Å². The molecule has 12 nitrogen and oxygen atoms in total. The topological polar surface area (TPSA) is 177 Å². The molecule has 1 aliphatic heterocycles. The normalized spacial score (nSPS) is 18.1. The molecule has 1 fully saturated rings. The Morgan fingerprint density at radius 2 is 1.48 bits per heavy atom. The van der Waals surface area contributed by atoms with Crippen LogP contribution in [0.5, 0.6) is 0 Å². The van der Waals surface area contributed by atoms with E-state index in [9.17, 15) is 24.3 Å². The van der Waals surface area contributed by atoms with E-state index in [2.05, 4.69) is 36.6 Å². The van der Waals surface area contributed by atoms with Gasteiger partial charge in [0.15, 0.2) is 0 Å². The van der Waals surface area contributed by atoms with E-state index in [4.69, 9.17) is 0 Å². The summed E-state index contributed by atoms with van der Waals surface area (Å²) in [5.74, 6) is -0.714. The number of aromatic nitrogens is 2. The van der Waals surface area contributed by atoms with Crippen LogP contribution in [-0.2, 0) is 45.0 Å². The molecular formula is C39H47N7O5S. The highest BCUT2D eigenvalue weighted by atomic mass is 32.2. The van der Waals surface area contributed by atoms with E-state index < -0.39 is 40.3 Å².